The highest BCUT2D eigenvalue weighted by Gasteiger charge is 2.31. The van der Waals surface area contributed by atoms with Crippen molar-refractivity contribution in [2.24, 2.45) is 5.92 Å². The quantitative estimate of drug-likeness (QED) is 0.779. The molecule has 5 nitrogen and oxygen atoms in total. The van der Waals surface area contributed by atoms with Crippen LogP contribution in [-0.2, 0) is 19.3 Å². The second kappa shape index (κ2) is 9.77. The first-order valence-corrected chi connectivity index (χ1v) is 10.9. The maximum Gasteiger partial charge on any atom is 0.274 e. The Morgan fingerprint density at radius 3 is 2.52 bits per heavy atom. The summed E-state index contributed by atoms with van der Waals surface area (Å²) in [4.78, 5) is 15.3. The number of halogens is 1. The van der Waals surface area contributed by atoms with Gasteiger partial charge in [0.05, 0.1) is 5.69 Å². The Labute approximate surface area is 180 Å². The highest BCUT2D eigenvalue weighted by molar-refractivity contribution is 5.94. The molecule has 2 aromatic rings. The van der Waals surface area contributed by atoms with Crippen molar-refractivity contribution in [3.05, 3.63) is 46.8 Å². The summed E-state index contributed by atoms with van der Waals surface area (Å²) < 4.78 is 2.02. The first-order chi connectivity index (χ1) is 13.7. The van der Waals surface area contributed by atoms with E-state index in [1.165, 1.54) is 16.8 Å². The Morgan fingerprint density at radius 2 is 1.86 bits per heavy atom. The van der Waals surface area contributed by atoms with Crippen LogP contribution in [0.2, 0.25) is 0 Å². The Bertz CT molecular complexity index is 822. The molecule has 6 heteroatoms. The third-order valence-corrected chi connectivity index (χ3v) is 6.31. The van der Waals surface area contributed by atoms with Crippen molar-refractivity contribution in [3.63, 3.8) is 0 Å². The van der Waals surface area contributed by atoms with Gasteiger partial charge < -0.3 is 10.2 Å². The molecule has 1 aromatic heterocycles. The highest BCUT2D eigenvalue weighted by Crippen LogP contribution is 2.29. The SMILES string of the molecule is CCNCC1CCN(C(=O)c2nn(-c3ccc(CC)cc3)c3c2CCC3)CC1.Cl. The van der Waals surface area contributed by atoms with Crippen LogP contribution in [0, 0.1) is 5.92 Å². The van der Waals surface area contributed by atoms with E-state index in [0.717, 1.165) is 70.4 Å². The largest absolute Gasteiger partial charge is 0.337 e. The van der Waals surface area contributed by atoms with Crippen molar-refractivity contribution in [2.75, 3.05) is 26.2 Å². The van der Waals surface area contributed by atoms with Crippen LogP contribution < -0.4 is 5.32 Å². The van der Waals surface area contributed by atoms with Crippen molar-refractivity contribution in [3.8, 4) is 5.69 Å². The number of amides is 1. The molecule has 1 aliphatic carbocycles. The molecule has 0 spiro atoms. The monoisotopic (exact) mass is 416 g/mol. The standard InChI is InChI=1S/C23H32N4O.ClH/c1-3-17-8-10-19(11-9-17)27-21-7-5-6-20(21)22(25-27)23(28)26-14-12-18(13-15-26)16-24-4-2;/h8-11,18,24H,3-7,12-16H2,1-2H3;1H. The van der Waals surface area contributed by atoms with Crippen molar-refractivity contribution in [1.82, 2.24) is 20.0 Å². The van der Waals surface area contributed by atoms with Gasteiger partial charge in [0.1, 0.15) is 0 Å². The molecular formula is C23H33ClN4O. The summed E-state index contributed by atoms with van der Waals surface area (Å²) >= 11 is 0. The second-order valence-electron chi connectivity index (χ2n) is 8.10. The Morgan fingerprint density at radius 1 is 1.14 bits per heavy atom. The van der Waals surface area contributed by atoms with Crippen molar-refractivity contribution in [2.45, 2.75) is 52.4 Å². The van der Waals surface area contributed by atoms with E-state index >= 15 is 0 Å². The van der Waals surface area contributed by atoms with Gasteiger partial charge >= 0.3 is 0 Å². The Balaban J connectivity index is 0.00000240. The zero-order valence-electron chi connectivity index (χ0n) is 17.6. The van der Waals surface area contributed by atoms with Crippen LogP contribution in [-0.4, -0.2) is 46.8 Å². The van der Waals surface area contributed by atoms with Crippen LogP contribution in [0.15, 0.2) is 24.3 Å². The van der Waals surface area contributed by atoms with Gasteiger partial charge in [-0.15, -0.1) is 12.4 Å². The summed E-state index contributed by atoms with van der Waals surface area (Å²) in [7, 11) is 0. The number of carbonyl (C=O) groups is 1. The van der Waals surface area contributed by atoms with E-state index in [0.29, 0.717) is 11.6 Å². The Kier molecular flexibility index (Phi) is 7.36. The highest BCUT2D eigenvalue weighted by atomic mass is 35.5. The molecule has 0 unspecified atom stereocenters. The number of aryl methyl sites for hydroxylation is 1. The van der Waals surface area contributed by atoms with E-state index < -0.39 is 0 Å². The molecule has 1 amide bonds. The van der Waals surface area contributed by atoms with Crippen molar-refractivity contribution < 1.29 is 4.79 Å². The molecule has 1 saturated heterocycles. The van der Waals surface area contributed by atoms with Gasteiger partial charge in [-0.1, -0.05) is 26.0 Å². The van der Waals surface area contributed by atoms with Gasteiger partial charge in [-0.2, -0.15) is 5.10 Å². The molecule has 29 heavy (non-hydrogen) atoms. The van der Waals surface area contributed by atoms with Gasteiger partial charge in [0.15, 0.2) is 5.69 Å². The van der Waals surface area contributed by atoms with E-state index in [-0.39, 0.29) is 18.3 Å². The lowest BCUT2D eigenvalue weighted by molar-refractivity contribution is 0.0683. The third-order valence-electron chi connectivity index (χ3n) is 6.31. The minimum absolute atomic E-state index is 0. The molecule has 1 fully saturated rings. The summed E-state index contributed by atoms with van der Waals surface area (Å²) in [5.41, 5.74) is 5.49. The predicted octanol–water partition coefficient (Wildman–Crippen LogP) is 3.81. The summed E-state index contributed by atoms with van der Waals surface area (Å²) in [6, 6.07) is 8.58. The predicted molar refractivity (Wildman–Crippen MR) is 119 cm³/mol. The minimum atomic E-state index is 0. The molecule has 0 radical (unpaired) electrons. The number of benzene rings is 1. The van der Waals surface area contributed by atoms with Gasteiger partial charge in [-0.3, -0.25) is 4.79 Å². The normalized spacial score (nSPS) is 16.6. The van der Waals surface area contributed by atoms with Crippen LogP contribution in [0.25, 0.3) is 5.69 Å². The van der Waals surface area contributed by atoms with Crippen LogP contribution in [0.3, 0.4) is 0 Å². The number of carbonyl (C=O) groups excluding carboxylic acids is 1. The average Bonchev–Trinajstić information content (AvgIpc) is 3.35. The number of nitrogens with one attached hydrogen (secondary N) is 1. The van der Waals surface area contributed by atoms with E-state index in [1.54, 1.807) is 0 Å². The number of hydrogen-bond acceptors (Lipinski definition) is 3. The number of fused-ring (bicyclic) bond motifs is 1. The lowest BCUT2D eigenvalue weighted by Gasteiger charge is -2.31. The molecule has 0 atom stereocenters. The molecule has 158 valence electrons. The summed E-state index contributed by atoms with van der Waals surface area (Å²) in [5.74, 6) is 0.813. The Hall–Kier alpha value is -1.85. The molecule has 4 rings (SSSR count). The maximum absolute atomic E-state index is 13.3. The first-order valence-electron chi connectivity index (χ1n) is 10.9. The topological polar surface area (TPSA) is 50.2 Å². The number of rotatable bonds is 6. The van der Waals surface area contributed by atoms with E-state index in [2.05, 4.69) is 43.4 Å². The number of nitrogens with zero attached hydrogens (tertiary/aromatic N) is 3. The number of hydrogen-bond donors (Lipinski definition) is 1. The number of aromatic nitrogens is 2. The summed E-state index contributed by atoms with van der Waals surface area (Å²) in [5, 5.41) is 8.25. The smallest absolute Gasteiger partial charge is 0.274 e. The number of likely N-dealkylation sites (tertiary alicyclic amines) is 1. The molecule has 2 aliphatic rings. The fraction of sp³-hybridized carbons (Fsp3) is 0.565. The zero-order chi connectivity index (χ0) is 19.5. The summed E-state index contributed by atoms with van der Waals surface area (Å²) in [6.07, 6.45) is 6.30. The fourth-order valence-electron chi connectivity index (χ4n) is 4.53. The molecule has 1 aliphatic heterocycles. The van der Waals surface area contributed by atoms with Crippen LogP contribution in [0.4, 0.5) is 0 Å². The van der Waals surface area contributed by atoms with Crippen LogP contribution >= 0.6 is 12.4 Å². The van der Waals surface area contributed by atoms with Gasteiger partial charge in [0.25, 0.3) is 5.91 Å². The molecule has 1 aromatic carbocycles. The fourth-order valence-corrected chi connectivity index (χ4v) is 4.53. The minimum Gasteiger partial charge on any atom is -0.337 e. The second-order valence-corrected chi connectivity index (χ2v) is 8.10. The van der Waals surface area contributed by atoms with E-state index in [9.17, 15) is 4.79 Å². The molecule has 0 saturated carbocycles. The van der Waals surface area contributed by atoms with Gasteiger partial charge in [0, 0.05) is 24.3 Å². The molecular weight excluding hydrogens is 384 g/mol. The van der Waals surface area contributed by atoms with Gasteiger partial charge in [0.2, 0.25) is 0 Å². The number of piperidine rings is 1. The maximum atomic E-state index is 13.3. The average molecular weight is 417 g/mol. The molecule has 1 N–H and O–H groups in total. The summed E-state index contributed by atoms with van der Waals surface area (Å²) in [6.45, 7) is 8.09. The molecule has 0 bridgehead atoms. The first kappa shape index (κ1) is 21.8. The lowest BCUT2D eigenvalue weighted by atomic mass is 9.96. The zero-order valence-corrected chi connectivity index (χ0v) is 18.4. The van der Waals surface area contributed by atoms with E-state index in [1.807, 2.05) is 9.58 Å². The van der Waals surface area contributed by atoms with Crippen LogP contribution in [0.1, 0.15) is 60.4 Å². The van der Waals surface area contributed by atoms with Gasteiger partial charge in [-0.25, -0.2) is 4.68 Å². The van der Waals surface area contributed by atoms with Crippen molar-refractivity contribution >= 4 is 18.3 Å². The molecule has 2 heterocycles. The van der Waals surface area contributed by atoms with Crippen LogP contribution in [0.5, 0.6) is 0 Å². The lowest BCUT2D eigenvalue weighted by Crippen LogP contribution is -2.41. The van der Waals surface area contributed by atoms with Crippen molar-refractivity contribution in [1.29, 1.82) is 0 Å². The third kappa shape index (κ3) is 4.51. The van der Waals surface area contributed by atoms with Gasteiger partial charge in [-0.05, 0) is 75.2 Å². The van der Waals surface area contributed by atoms with E-state index in [4.69, 9.17) is 5.10 Å².